The number of nitrogens with zero attached hydrogens (tertiary/aromatic N) is 4. The highest BCUT2D eigenvalue weighted by Crippen LogP contribution is 2.32. The van der Waals surface area contributed by atoms with Crippen LogP contribution in [0.1, 0.15) is 16.2 Å². The maximum absolute atomic E-state index is 13.6. The van der Waals surface area contributed by atoms with Crippen molar-refractivity contribution in [2.24, 2.45) is 0 Å². The number of piperazine rings is 1. The van der Waals surface area contributed by atoms with Gasteiger partial charge in [-0.05, 0) is 6.07 Å². The van der Waals surface area contributed by atoms with E-state index < -0.39 is 11.9 Å². The molecule has 0 unspecified atom stereocenters. The van der Waals surface area contributed by atoms with Crippen LogP contribution in [0, 0.1) is 0 Å². The number of rotatable bonds is 2. The molecule has 2 aromatic heterocycles. The zero-order valence-electron chi connectivity index (χ0n) is 15.2. The summed E-state index contributed by atoms with van der Waals surface area (Å²) in [5, 5.41) is 3.94. The van der Waals surface area contributed by atoms with E-state index in [1.54, 1.807) is 35.2 Å². The summed E-state index contributed by atoms with van der Waals surface area (Å²) in [5.74, 6) is -0.368. The molecular formula is C19H19F3N5O+. The molecular weight excluding hydrogens is 371 g/mol. The van der Waals surface area contributed by atoms with E-state index in [0.717, 1.165) is 19.2 Å². The summed E-state index contributed by atoms with van der Waals surface area (Å²) >= 11 is 0. The maximum atomic E-state index is 13.6. The van der Waals surface area contributed by atoms with Crippen LogP contribution in [0.3, 0.4) is 0 Å². The van der Waals surface area contributed by atoms with Gasteiger partial charge in [0.2, 0.25) is 0 Å². The summed E-state index contributed by atoms with van der Waals surface area (Å²) in [6.45, 7) is 2.69. The average Bonchev–Trinajstić information content (AvgIpc) is 3.11. The first-order valence-electron chi connectivity index (χ1n) is 8.97. The Balaban J connectivity index is 1.78. The largest absolute Gasteiger partial charge is 0.433 e. The minimum atomic E-state index is -4.63. The molecule has 3 aromatic rings. The zero-order valence-corrected chi connectivity index (χ0v) is 15.2. The van der Waals surface area contributed by atoms with Crippen molar-refractivity contribution in [2.45, 2.75) is 6.18 Å². The third kappa shape index (κ3) is 3.45. The lowest BCUT2D eigenvalue weighted by Gasteiger charge is -2.29. The van der Waals surface area contributed by atoms with Crippen LogP contribution >= 0.6 is 0 Å². The molecule has 1 aliphatic heterocycles. The number of likely N-dealkylation sites (N-methyl/N-ethyl adjacent to an activating group) is 1. The number of amides is 1. The number of hydrogen-bond donors (Lipinski definition) is 1. The Morgan fingerprint density at radius 3 is 2.43 bits per heavy atom. The van der Waals surface area contributed by atoms with Gasteiger partial charge in [-0.1, -0.05) is 30.3 Å². The monoisotopic (exact) mass is 390 g/mol. The first kappa shape index (κ1) is 18.4. The molecule has 0 spiro atoms. The average molecular weight is 390 g/mol. The molecule has 146 valence electrons. The molecule has 0 aliphatic carbocycles. The van der Waals surface area contributed by atoms with Gasteiger partial charge in [-0.25, -0.2) is 9.50 Å². The van der Waals surface area contributed by atoms with E-state index in [1.807, 2.05) is 7.05 Å². The smallest absolute Gasteiger partial charge is 0.334 e. The van der Waals surface area contributed by atoms with Gasteiger partial charge in [0.05, 0.1) is 38.9 Å². The van der Waals surface area contributed by atoms with Gasteiger partial charge in [-0.15, -0.1) is 0 Å². The van der Waals surface area contributed by atoms with Crippen LogP contribution in [-0.2, 0) is 6.18 Å². The summed E-state index contributed by atoms with van der Waals surface area (Å²) in [6, 6.07) is 10.9. The summed E-state index contributed by atoms with van der Waals surface area (Å²) in [5.41, 5.74) is -0.244. The number of alkyl halides is 3. The standard InChI is InChI=1S/C19H18F3N5O/c1-25-7-9-26(10-8-25)18(28)15-12-17-23-14(13-5-3-2-4-6-13)11-16(19(20,21)22)27(17)24-15/h2-6,11-12H,7-10H2,1H3/p+1. The highest BCUT2D eigenvalue weighted by atomic mass is 19.4. The Hall–Kier alpha value is -2.94. The molecule has 1 saturated heterocycles. The number of hydrogen-bond acceptors (Lipinski definition) is 3. The van der Waals surface area contributed by atoms with Crippen LogP contribution in [0.5, 0.6) is 0 Å². The van der Waals surface area contributed by atoms with Crippen molar-refractivity contribution in [3.63, 3.8) is 0 Å². The van der Waals surface area contributed by atoms with Crippen molar-refractivity contribution in [1.82, 2.24) is 19.5 Å². The van der Waals surface area contributed by atoms with Crippen LogP contribution < -0.4 is 4.90 Å². The number of halogens is 3. The van der Waals surface area contributed by atoms with Gasteiger partial charge in [0.25, 0.3) is 5.91 Å². The second-order valence-corrected chi connectivity index (χ2v) is 6.94. The normalized spacial score (nSPS) is 15.9. The summed E-state index contributed by atoms with van der Waals surface area (Å²) in [4.78, 5) is 20.0. The molecule has 1 N–H and O–H groups in total. The second-order valence-electron chi connectivity index (χ2n) is 6.94. The summed E-state index contributed by atoms with van der Waals surface area (Å²) in [7, 11) is 2.04. The predicted molar refractivity (Wildman–Crippen MR) is 95.9 cm³/mol. The van der Waals surface area contributed by atoms with Crippen molar-refractivity contribution >= 4 is 11.6 Å². The maximum Gasteiger partial charge on any atom is 0.433 e. The number of aromatic nitrogens is 3. The van der Waals surface area contributed by atoms with Gasteiger partial charge in [-0.2, -0.15) is 18.3 Å². The summed E-state index contributed by atoms with van der Waals surface area (Å²) in [6.07, 6.45) is -4.63. The molecule has 1 amide bonds. The van der Waals surface area contributed by atoms with Crippen LogP contribution in [-0.4, -0.2) is 58.6 Å². The van der Waals surface area contributed by atoms with Crippen molar-refractivity contribution in [3.05, 3.63) is 53.9 Å². The molecule has 0 radical (unpaired) electrons. The lowest BCUT2D eigenvalue weighted by atomic mass is 10.1. The SMILES string of the molecule is C[NH+]1CCN(C(=O)c2cc3nc(-c4ccccc4)cc(C(F)(F)F)n3n2)CC1. The van der Waals surface area contributed by atoms with E-state index in [-0.39, 0.29) is 22.9 Å². The zero-order chi connectivity index (χ0) is 19.9. The quantitative estimate of drug-likeness (QED) is 0.720. The fraction of sp³-hybridized carbons (Fsp3) is 0.316. The van der Waals surface area contributed by atoms with E-state index in [9.17, 15) is 18.0 Å². The van der Waals surface area contributed by atoms with Crippen molar-refractivity contribution < 1.29 is 22.9 Å². The van der Waals surface area contributed by atoms with Gasteiger partial charge in [0, 0.05) is 11.6 Å². The Kier molecular flexibility index (Phi) is 4.54. The first-order chi connectivity index (χ1) is 13.3. The molecule has 4 rings (SSSR count). The van der Waals surface area contributed by atoms with E-state index in [0.29, 0.717) is 23.2 Å². The van der Waals surface area contributed by atoms with Gasteiger partial charge >= 0.3 is 6.18 Å². The lowest BCUT2D eigenvalue weighted by Crippen LogP contribution is -3.12. The molecule has 1 aromatic carbocycles. The number of fused-ring (bicyclic) bond motifs is 1. The highest BCUT2D eigenvalue weighted by Gasteiger charge is 2.36. The van der Waals surface area contributed by atoms with Crippen molar-refractivity contribution in [1.29, 1.82) is 0 Å². The number of nitrogens with one attached hydrogen (secondary N) is 1. The van der Waals surface area contributed by atoms with E-state index in [2.05, 4.69) is 10.1 Å². The molecule has 6 nitrogen and oxygen atoms in total. The van der Waals surface area contributed by atoms with Crippen LogP contribution in [0.15, 0.2) is 42.5 Å². The lowest BCUT2D eigenvalue weighted by molar-refractivity contribution is -0.883. The third-order valence-electron chi connectivity index (χ3n) is 4.91. The molecule has 0 saturated carbocycles. The Bertz CT molecular complexity index is 1010. The van der Waals surface area contributed by atoms with Crippen molar-refractivity contribution in [3.8, 4) is 11.3 Å². The number of quaternary nitrogens is 1. The molecule has 1 aliphatic rings. The summed E-state index contributed by atoms with van der Waals surface area (Å²) < 4.78 is 41.6. The van der Waals surface area contributed by atoms with Gasteiger partial charge in [0.1, 0.15) is 0 Å². The molecule has 28 heavy (non-hydrogen) atoms. The Labute approximate surface area is 159 Å². The van der Waals surface area contributed by atoms with Crippen LogP contribution in [0.4, 0.5) is 13.2 Å². The highest BCUT2D eigenvalue weighted by molar-refractivity contribution is 5.93. The first-order valence-corrected chi connectivity index (χ1v) is 8.97. The minimum Gasteiger partial charge on any atom is -0.334 e. The molecule has 0 atom stereocenters. The predicted octanol–water partition coefficient (Wildman–Crippen LogP) is 1.39. The van der Waals surface area contributed by atoms with Crippen LogP contribution in [0.2, 0.25) is 0 Å². The molecule has 3 heterocycles. The fourth-order valence-electron chi connectivity index (χ4n) is 3.29. The number of carbonyl (C=O) groups excluding carboxylic acids is 1. The third-order valence-corrected chi connectivity index (χ3v) is 4.91. The molecule has 9 heteroatoms. The number of carbonyl (C=O) groups is 1. The van der Waals surface area contributed by atoms with Gasteiger partial charge in [-0.3, -0.25) is 4.79 Å². The van der Waals surface area contributed by atoms with E-state index >= 15 is 0 Å². The van der Waals surface area contributed by atoms with Crippen LogP contribution in [0.25, 0.3) is 16.9 Å². The fourth-order valence-corrected chi connectivity index (χ4v) is 3.29. The van der Waals surface area contributed by atoms with E-state index in [4.69, 9.17) is 0 Å². The van der Waals surface area contributed by atoms with Gasteiger partial charge in [0.15, 0.2) is 17.0 Å². The van der Waals surface area contributed by atoms with Gasteiger partial charge < -0.3 is 9.80 Å². The Morgan fingerprint density at radius 1 is 1.11 bits per heavy atom. The minimum absolute atomic E-state index is 0.00298. The van der Waals surface area contributed by atoms with E-state index in [1.165, 1.54) is 11.0 Å². The number of benzene rings is 1. The van der Waals surface area contributed by atoms with Crippen molar-refractivity contribution in [2.75, 3.05) is 33.2 Å². The topological polar surface area (TPSA) is 54.9 Å². The second kappa shape index (κ2) is 6.90. The molecule has 0 bridgehead atoms. The Morgan fingerprint density at radius 2 is 1.79 bits per heavy atom. The molecule has 1 fully saturated rings.